The molecule has 14 nitrogen and oxygen atoms in total. The molecule has 3 fully saturated rings. The number of ether oxygens (including phenoxy) is 5. The Morgan fingerprint density at radius 1 is 0.921 bits per heavy atom. The Labute approximate surface area is 255 Å². The van der Waals surface area contributed by atoms with Crippen LogP contribution in [0.15, 0.2) is 0 Å². The van der Waals surface area contributed by atoms with E-state index in [2.05, 4.69) is 5.32 Å². The van der Waals surface area contributed by atoms with Gasteiger partial charge in [-0.1, -0.05) is 0 Å². The van der Waals surface area contributed by atoms with E-state index in [1.807, 2.05) is 67.8 Å². The minimum atomic E-state index is -0.870. The van der Waals surface area contributed by atoms with Gasteiger partial charge in [-0.05, 0) is 67.8 Å². The fourth-order valence-electron chi connectivity index (χ4n) is 3.78. The summed E-state index contributed by atoms with van der Waals surface area (Å²) in [4.78, 5) is 76.8. The molecular weight excluding hydrogens is 851 g/mol. The number of benzene rings is 1. The van der Waals surface area contributed by atoms with Gasteiger partial charge in [0, 0.05) is 10.5 Å². The first-order chi connectivity index (χ1) is 18.0. The fourth-order valence-corrected chi connectivity index (χ4v) is 8.48. The van der Waals surface area contributed by atoms with E-state index in [-0.39, 0.29) is 59.8 Å². The molecule has 204 valence electrons. The lowest BCUT2D eigenvalue weighted by molar-refractivity contribution is -0.116. The van der Waals surface area contributed by atoms with Crippen molar-refractivity contribution in [3.05, 3.63) is 21.8 Å². The first kappa shape index (κ1) is 28.8. The number of hydrogen-bond acceptors (Lipinski definition) is 11. The predicted octanol–water partition coefficient (Wildman–Crippen LogP) is 2.25. The van der Waals surface area contributed by atoms with Gasteiger partial charge in [-0.3, -0.25) is 14.4 Å². The van der Waals surface area contributed by atoms with Gasteiger partial charge < -0.3 is 33.9 Å². The van der Waals surface area contributed by atoms with Crippen LogP contribution in [0.2, 0.25) is 0 Å². The summed E-state index contributed by atoms with van der Waals surface area (Å²) in [5.41, 5.74) is 0.305. The minimum absolute atomic E-state index is 0.0194. The summed E-state index contributed by atoms with van der Waals surface area (Å²) in [5, 5.41) is 2.66. The van der Waals surface area contributed by atoms with Crippen molar-refractivity contribution < 1.29 is 52.5 Å². The van der Waals surface area contributed by atoms with Gasteiger partial charge in [0.2, 0.25) is 5.91 Å². The molecule has 38 heavy (non-hydrogen) atoms. The molecule has 0 bridgehead atoms. The number of nitrogens with zero attached hydrogens (tertiary/aromatic N) is 2. The molecule has 1 aromatic rings. The predicted molar refractivity (Wildman–Crippen MR) is 150 cm³/mol. The summed E-state index contributed by atoms with van der Waals surface area (Å²) in [6.07, 6.45) is -4.01. The average Bonchev–Trinajstić information content (AvgIpc) is 3.58. The zero-order valence-electron chi connectivity index (χ0n) is 19.4. The summed E-state index contributed by atoms with van der Waals surface area (Å²) in [6, 6.07) is 0. The van der Waals surface area contributed by atoms with Gasteiger partial charge in [-0.2, -0.15) is 0 Å². The maximum Gasteiger partial charge on any atom is 0.508 e. The van der Waals surface area contributed by atoms with E-state index in [1.54, 1.807) is 0 Å². The molecule has 0 radical (unpaired) electrons. The number of halogens is 3. The van der Waals surface area contributed by atoms with Crippen LogP contribution < -0.4 is 10.2 Å². The Hall–Kier alpha value is -2.17. The molecular formula is C21H18I3N3O11. The smallest absolute Gasteiger partial charge is 0.447 e. The third kappa shape index (κ3) is 5.87. The van der Waals surface area contributed by atoms with E-state index in [0.29, 0.717) is 7.14 Å². The highest BCUT2D eigenvalue weighted by atomic mass is 127. The van der Waals surface area contributed by atoms with Gasteiger partial charge in [0.1, 0.15) is 19.8 Å². The number of carbonyl (C=O) groups excluding carboxylic acids is 6. The second kappa shape index (κ2) is 11.9. The summed E-state index contributed by atoms with van der Waals surface area (Å²) < 4.78 is 25.4. The lowest BCUT2D eigenvalue weighted by atomic mass is 10.1. The van der Waals surface area contributed by atoms with Gasteiger partial charge in [0.15, 0.2) is 12.2 Å². The normalized spacial score (nSPS) is 20.3. The van der Waals surface area contributed by atoms with Gasteiger partial charge >= 0.3 is 18.4 Å². The summed E-state index contributed by atoms with van der Waals surface area (Å²) in [6.45, 7) is 1.04. The Morgan fingerprint density at radius 2 is 1.53 bits per heavy atom. The van der Waals surface area contributed by atoms with E-state index >= 15 is 0 Å². The minimum Gasteiger partial charge on any atom is -0.447 e. The van der Waals surface area contributed by atoms with Crippen LogP contribution in [0.4, 0.5) is 20.1 Å². The Morgan fingerprint density at radius 3 is 2.05 bits per heavy atom. The molecule has 3 aliphatic heterocycles. The van der Waals surface area contributed by atoms with Crippen molar-refractivity contribution in [1.29, 1.82) is 0 Å². The standard InChI is InChI=1S/C21H18I3N3O11/c1-8(28)27(5-10-7-36-21(33)38-10)16-14(23)11(17(29)25-4-9-6-35-20(32)37-9)13(22)12(15(16)24)18(30)26-2-3-34-19(26)31/h9-10H,2-7H2,1H3,(H,25,29). The van der Waals surface area contributed by atoms with Crippen molar-refractivity contribution in [2.75, 3.05) is 44.4 Å². The number of imide groups is 1. The number of nitrogens with one attached hydrogen (secondary N) is 1. The summed E-state index contributed by atoms with van der Waals surface area (Å²) >= 11 is 5.63. The highest BCUT2D eigenvalue weighted by Crippen LogP contribution is 2.39. The molecule has 1 N–H and O–H groups in total. The molecule has 0 aliphatic carbocycles. The number of amides is 4. The lowest BCUT2D eigenvalue weighted by Crippen LogP contribution is -2.40. The summed E-state index contributed by atoms with van der Waals surface area (Å²) in [5.74, 6) is -1.77. The zero-order valence-corrected chi connectivity index (χ0v) is 25.9. The van der Waals surface area contributed by atoms with Crippen molar-refractivity contribution in [3.63, 3.8) is 0 Å². The molecule has 2 unspecified atom stereocenters. The van der Waals surface area contributed by atoms with E-state index in [0.717, 1.165) is 4.90 Å². The quantitative estimate of drug-likeness (QED) is 0.243. The average molecular weight is 869 g/mol. The number of cyclic esters (lactones) is 5. The Kier molecular flexibility index (Phi) is 9.04. The first-order valence-corrected chi connectivity index (χ1v) is 14.1. The number of carbonyl (C=O) groups is 6. The monoisotopic (exact) mass is 869 g/mol. The van der Waals surface area contributed by atoms with E-state index in [9.17, 15) is 28.8 Å². The number of anilines is 1. The maximum atomic E-state index is 13.5. The zero-order chi connectivity index (χ0) is 27.7. The van der Waals surface area contributed by atoms with Gasteiger partial charge in [0.05, 0.1) is 43.6 Å². The molecule has 17 heteroatoms. The molecule has 0 saturated carbocycles. The molecule has 4 rings (SSSR count). The van der Waals surface area contributed by atoms with Crippen molar-refractivity contribution >= 4 is 110 Å². The van der Waals surface area contributed by atoms with Crippen LogP contribution in [0.3, 0.4) is 0 Å². The van der Waals surface area contributed by atoms with Crippen LogP contribution >= 0.6 is 67.8 Å². The van der Waals surface area contributed by atoms with Crippen LogP contribution in [0, 0.1) is 10.7 Å². The van der Waals surface area contributed by atoms with Crippen molar-refractivity contribution in [1.82, 2.24) is 10.2 Å². The number of rotatable bonds is 7. The Balaban J connectivity index is 1.78. The molecule has 0 spiro atoms. The third-order valence-electron chi connectivity index (χ3n) is 5.57. The Bertz CT molecular complexity index is 1240. The van der Waals surface area contributed by atoms with Crippen LogP contribution in [-0.2, 0) is 28.5 Å². The number of hydrogen-bond donors (Lipinski definition) is 1. The lowest BCUT2D eigenvalue weighted by Gasteiger charge is -2.28. The third-order valence-corrected chi connectivity index (χ3v) is 8.75. The van der Waals surface area contributed by atoms with Crippen LogP contribution in [0.1, 0.15) is 27.6 Å². The largest absolute Gasteiger partial charge is 0.508 e. The molecule has 3 saturated heterocycles. The van der Waals surface area contributed by atoms with Gasteiger partial charge in [0.25, 0.3) is 11.8 Å². The molecule has 3 aliphatic rings. The SMILES string of the molecule is CC(=O)N(CC1COC(=O)O1)c1c(I)c(C(=O)NCC2COC(=O)O2)c(I)c(C(=O)N2CCOC2=O)c1I. The van der Waals surface area contributed by atoms with Crippen LogP contribution in [0.5, 0.6) is 0 Å². The van der Waals surface area contributed by atoms with Gasteiger partial charge in [-0.25, -0.2) is 19.3 Å². The topological polar surface area (TPSA) is 167 Å². The first-order valence-electron chi connectivity index (χ1n) is 10.9. The van der Waals surface area contributed by atoms with Crippen molar-refractivity contribution in [3.8, 4) is 0 Å². The van der Waals surface area contributed by atoms with Crippen LogP contribution in [0.25, 0.3) is 0 Å². The van der Waals surface area contributed by atoms with Crippen molar-refractivity contribution in [2.45, 2.75) is 19.1 Å². The molecule has 4 amide bonds. The molecule has 0 aromatic heterocycles. The fraction of sp³-hybridized carbons (Fsp3) is 0.429. The van der Waals surface area contributed by atoms with Crippen LogP contribution in [-0.4, -0.2) is 92.7 Å². The summed E-state index contributed by atoms with van der Waals surface area (Å²) in [7, 11) is 0. The van der Waals surface area contributed by atoms with Gasteiger partial charge in [-0.15, -0.1) is 0 Å². The second-order valence-corrected chi connectivity index (χ2v) is 11.3. The molecule has 2 atom stereocenters. The highest BCUT2D eigenvalue weighted by molar-refractivity contribution is 14.1. The molecule has 1 aromatic carbocycles. The van der Waals surface area contributed by atoms with E-state index < -0.39 is 48.3 Å². The highest BCUT2D eigenvalue weighted by Gasteiger charge is 2.38. The second-order valence-electron chi connectivity index (χ2n) is 8.05. The van der Waals surface area contributed by atoms with Crippen molar-refractivity contribution in [2.24, 2.45) is 0 Å². The molecule has 3 heterocycles. The maximum absolute atomic E-state index is 13.5. The van der Waals surface area contributed by atoms with E-state index in [1.165, 1.54) is 11.8 Å². The van der Waals surface area contributed by atoms with E-state index in [4.69, 9.17) is 23.7 Å².